The highest BCUT2D eigenvalue weighted by Gasteiger charge is 2.18. The van der Waals surface area contributed by atoms with E-state index in [2.05, 4.69) is 9.97 Å². The number of nitrogens with zero attached hydrogens (tertiary/aromatic N) is 2. The van der Waals surface area contributed by atoms with Crippen LogP contribution in [0.2, 0.25) is 15.2 Å². The highest BCUT2D eigenvalue weighted by atomic mass is 35.5. The predicted molar refractivity (Wildman–Crippen MR) is 96.2 cm³/mol. The van der Waals surface area contributed by atoms with Gasteiger partial charge in [-0.3, -0.25) is 4.98 Å². The van der Waals surface area contributed by atoms with Crippen LogP contribution in [0.3, 0.4) is 0 Å². The number of fused-ring (bicyclic) bond motifs is 1. The summed E-state index contributed by atoms with van der Waals surface area (Å²) >= 11 is 18.3. The second-order valence-corrected chi connectivity index (χ2v) is 6.39. The quantitative estimate of drug-likeness (QED) is 0.653. The Labute approximate surface area is 154 Å². The lowest BCUT2D eigenvalue weighted by atomic mass is 9.98. The number of benzene rings is 1. The van der Waals surface area contributed by atoms with Crippen molar-refractivity contribution < 1.29 is 9.84 Å². The molecule has 0 fully saturated rings. The summed E-state index contributed by atoms with van der Waals surface area (Å²) in [7, 11) is 1.56. The molecule has 0 saturated heterocycles. The summed E-state index contributed by atoms with van der Waals surface area (Å²) in [6.45, 7) is 0. The molecule has 1 unspecified atom stereocenters. The number of aliphatic hydroxyl groups is 1. The van der Waals surface area contributed by atoms with Crippen molar-refractivity contribution in [1.82, 2.24) is 9.97 Å². The summed E-state index contributed by atoms with van der Waals surface area (Å²) in [4.78, 5) is 8.22. The predicted octanol–water partition coefficient (Wildman–Crippen LogP) is 4.87. The number of methoxy groups -OCH3 is 1. The maximum Gasteiger partial charge on any atom is 0.145 e. The molecule has 2 heterocycles. The average molecular weight is 384 g/mol. The molecule has 1 N–H and O–H groups in total. The van der Waals surface area contributed by atoms with Gasteiger partial charge in [-0.2, -0.15) is 0 Å². The van der Waals surface area contributed by atoms with E-state index in [0.717, 1.165) is 5.39 Å². The number of hydrogen-bond acceptors (Lipinski definition) is 4. The van der Waals surface area contributed by atoms with Crippen LogP contribution in [-0.2, 0) is 6.42 Å². The summed E-state index contributed by atoms with van der Waals surface area (Å²) < 4.78 is 5.32. The van der Waals surface area contributed by atoms with Gasteiger partial charge in [0.15, 0.2) is 0 Å². The fourth-order valence-corrected chi connectivity index (χ4v) is 3.25. The molecule has 0 spiro atoms. The minimum Gasteiger partial charge on any atom is -0.494 e. The monoisotopic (exact) mass is 382 g/mol. The van der Waals surface area contributed by atoms with Gasteiger partial charge in [0.25, 0.3) is 0 Å². The van der Waals surface area contributed by atoms with Crippen LogP contribution in [0.5, 0.6) is 5.75 Å². The zero-order chi connectivity index (χ0) is 17.3. The number of halogens is 3. The molecule has 4 nitrogen and oxygen atoms in total. The summed E-state index contributed by atoms with van der Waals surface area (Å²) in [5, 5.41) is 12.7. The molecule has 0 amide bonds. The van der Waals surface area contributed by atoms with E-state index in [1.165, 1.54) is 12.4 Å². The molecule has 0 aliphatic heterocycles. The van der Waals surface area contributed by atoms with Crippen molar-refractivity contribution in [2.24, 2.45) is 0 Å². The number of hydrogen-bond donors (Lipinski definition) is 1. The minimum atomic E-state index is -0.821. The van der Waals surface area contributed by atoms with Gasteiger partial charge in [-0.15, -0.1) is 0 Å². The molecule has 0 saturated carbocycles. The molecule has 124 valence electrons. The summed E-state index contributed by atoms with van der Waals surface area (Å²) in [6.07, 6.45) is 2.44. The Morgan fingerprint density at radius 2 is 1.79 bits per heavy atom. The summed E-state index contributed by atoms with van der Waals surface area (Å²) in [5.41, 5.74) is 1.93. The van der Waals surface area contributed by atoms with E-state index in [9.17, 15) is 5.11 Å². The Morgan fingerprint density at radius 1 is 1.08 bits per heavy atom. The van der Waals surface area contributed by atoms with Crippen LogP contribution in [0, 0.1) is 0 Å². The van der Waals surface area contributed by atoms with Crippen molar-refractivity contribution in [3.05, 3.63) is 63.0 Å². The molecule has 1 aromatic carbocycles. The van der Waals surface area contributed by atoms with Crippen molar-refractivity contribution >= 4 is 45.7 Å². The number of rotatable bonds is 4. The lowest BCUT2D eigenvalue weighted by Gasteiger charge is -2.16. The van der Waals surface area contributed by atoms with Crippen LogP contribution >= 0.6 is 34.8 Å². The van der Waals surface area contributed by atoms with Crippen LogP contribution in [-0.4, -0.2) is 22.2 Å². The van der Waals surface area contributed by atoms with E-state index in [4.69, 9.17) is 39.5 Å². The lowest BCUT2D eigenvalue weighted by molar-refractivity contribution is 0.180. The van der Waals surface area contributed by atoms with E-state index >= 15 is 0 Å². The molecule has 1 atom stereocenters. The van der Waals surface area contributed by atoms with Crippen molar-refractivity contribution in [3.8, 4) is 5.75 Å². The van der Waals surface area contributed by atoms with Crippen molar-refractivity contribution in [2.75, 3.05) is 7.11 Å². The van der Waals surface area contributed by atoms with E-state index in [0.29, 0.717) is 37.6 Å². The fourth-order valence-electron chi connectivity index (χ4n) is 2.58. The molecule has 0 bridgehead atoms. The number of aromatic nitrogens is 2. The van der Waals surface area contributed by atoms with Gasteiger partial charge < -0.3 is 9.84 Å². The molecule has 3 rings (SSSR count). The fraction of sp³-hybridized carbons (Fsp3) is 0.176. The molecule has 7 heteroatoms. The summed E-state index contributed by atoms with van der Waals surface area (Å²) in [6, 6.07) is 7.03. The molecule has 3 aromatic rings. The third kappa shape index (κ3) is 3.28. The van der Waals surface area contributed by atoms with Crippen LogP contribution in [0.15, 0.2) is 36.7 Å². The maximum atomic E-state index is 10.7. The van der Waals surface area contributed by atoms with Crippen LogP contribution in [0.4, 0.5) is 0 Å². The molecule has 0 radical (unpaired) electrons. The van der Waals surface area contributed by atoms with Gasteiger partial charge in [0.2, 0.25) is 0 Å². The van der Waals surface area contributed by atoms with Gasteiger partial charge in [-0.05, 0) is 29.3 Å². The highest BCUT2D eigenvalue weighted by Crippen LogP contribution is 2.34. The van der Waals surface area contributed by atoms with Crippen LogP contribution in [0.1, 0.15) is 17.2 Å². The Morgan fingerprint density at radius 3 is 2.46 bits per heavy atom. The van der Waals surface area contributed by atoms with Gasteiger partial charge in [0, 0.05) is 24.2 Å². The Balaban J connectivity index is 2.06. The van der Waals surface area contributed by atoms with E-state index < -0.39 is 6.10 Å². The third-order valence-electron chi connectivity index (χ3n) is 3.75. The highest BCUT2D eigenvalue weighted by molar-refractivity contribution is 6.35. The van der Waals surface area contributed by atoms with Crippen molar-refractivity contribution in [2.45, 2.75) is 12.5 Å². The average Bonchev–Trinajstić information content (AvgIpc) is 2.57. The largest absolute Gasteiger partial charge is 0.494 e. The molecule has 0 aliphatic rings. The summed E-state index contributed by atoms with van der Waals surface area (Å²) in [5.74, 6) is 0.587. The third-order valence-corrected chi connectivity index (χ3v) is 4.61. The normalized spacial score (nSPS) is 12.4. The smallest absolute Gasteiger partial charge is 0.145 e. The maximum absolute atomic E-state index is 10.7. The molecular weight excluding hydrogens is 371 g/mol. The first-order valence-electron chi connectivity index (χ1n) is 7.10. The SMILES string of the molecule is COc1ccc(C(O)Cc2c(Cl)cncc2Cl)c2ccc(Cl)nc12. The molecular formula is C17H13Cl3N2O2. The first kappa shape index (κ1) is 17.2. The Kier molecular flexibility index (Phi) is 5.11. The van der Waals surface area contributed by atoms with E-state index in [1.54, 1.807) is 25.3 Å². The first-order valence-corrected chi connectivity index (χ1v) is 8.23. The van der Waals surface area contributed by atoms with Gasteiger partial charge in [-0.25, -0.2) is 4.98 Å². The van der Waals surface area contributed by atoms with Crippen LogP contribution < -0.4 is 4.74 Å². The number of ether oxygens (including phenoxy) is 1. The zero-order valence-corrected chi connectivity index (χ0v) is 14.9. The van der Waals surface area contributed by atoms with E-state index in [1.807, 2.05) is 6.07 Å². The number of aliphatic hydroxyl groups excluding tert-OH is 1. The molecule has 24 heavy (non-hydrogen) atoms. The van der Waals surface area contributed by atoms with Crippen molar-refractivity contribution in [3.63, 3.8) is 0 Å². The van der Waals surface area contributed by atoms with E-state index in [-0.39, 0.29) is 6.42 Å². The number of pyridine rings is 2. The van der Waals surface area contributed by atoms with Crippen LogP contribution in [0.25, 0.3) is 10.9 Å². The van der Waals surface area contributed by atoms with Crippen molar-refractivity contribution in [1.29, 1.82) is 0 Å². The van der Waals surface area contributed by atoms with Gasteiger partial charge in [0.05, 0.1) is 23.3 Å². The first-order chi connectivity index (χ1) is 11.5. The lowest BCUT2D eigenvalue weighted by Crippen LogP contribution is -2.05. The molecule has 2 aromatic heterocycles. The topological polar surface area (TPSA) is 55.2 Å². The minimum absolute atomic E-state index is 0.254. The zero-order valence-electron chi connectivity index (χ0n) is 12.6. The van der Waals surface area contributed by atoms with Gasteiger partial charge in [0.1, 0.15) is 16.4 Å². The van der Waals surface area contributed by atoms with Gasteiger partial charge in [-0.1, -0.05) is 40.9 Å². The standard InChI is InChI=1S/C17H13Cl3N2O2/c1-24-15-4-2-9(10-3-5-16(20)22-17(10)15)14(23)6-11-12(18)7-21-8-13(11)19/h2-5,7-8,14,23H,6H2,1H3. The molecule has 0 aliphatic carbocycles. The second kappa shape index (κ2) is 7.11. The Bertz CT molecular complexity index is 882. The Hall–Kier alpha value is -1.59. The second-order valence-electron chi connectivity index (χ2n) is 5.19. The van der Waals surface area contributed by atoms with Gasteiger partial charge >= 0.3 is 0 Å².